The van der Waals surface area contributed by atoms with Crippen LogP contribution in [0.1, 0.15) is 39.5 Å². The van der Waals surface area contributed by atoms with Crippen LogP contribution in [0.15, 0.2) is 35.2 Å². The first-order valence-electron chi connectivity index (χ1n) is 11.0. The second-order valence-electron chi connectivity index (χ2n) is 8.21. The van der Waals surface area contributed by atoms with Crippen molar-refractivity contribution < 1.29 is 22.7 Å². The number of rotatable bonds is 5. The van der Waals surface area contributed by atoms with Crippen LogP contribution in [0.5, 0.6) is 0 Å². The van der Waals surface area contributed by atoms with E-state index >= 15 is 0 Å². The first kappa shape index (κ1) is 24.7. The van der Waals surface area contributed by atoms with E-state index in [1.807, 2.05) is 33.8 Å². The summed E-state index contributed by atoms with van der Waals surface area (Å²) >= 11 is 0. The molecule has 1 fully saturated rings. The molecule has 1 aliphatic heterocycles. The monoisotopic (exact) mass is 473 g/mol. The van der Waals surface area contributed by atoms with E-state index in [1.54, 1.807) is 36.1 Å². The third-order valence-corrected chi connectivity index (χ3v) is 8.25. The lowest BCUT2D eigenvalue weighted by molar-refractivity contribution is 0.0698. The van der Waals surface area contributed by atoms with Gasteiger partial charge in [0.25, 0.3) is 5.91 Å². The molecule has 0 saturated carbocycles. The number of amides is 2. The third kappa shape index (κ3) is 5.20. The van der Waals surface area contributed by atoms with Crippen molar-refractivity contribution in [3.8, 4) is 0 Å². The van der Waals surface area contributed by atoms with E-state index in [4.69, 9.17) is 4.74 Å². The highest BCUT2D eigenvalue weighted by molar-refractivity contribution is 7.89. The minimum atomic E-state index is -3.66. The molecule has 0 aliphatic carbocycles. The standard InChI is InChI=1S/C24H31N3O5S/c1-6-32-24(29)25-21-9-7-20(8-10-21)23(28)26-11-13-27(14-12-26)33(30,31)22-18(4)16(2)15-17(3)19(22)5/h7-10,15H,6,11-14H2,1-5H3,(H,25,29). The molecule has 9 heteroatoms. The van der Waals surface area contributed by atoms with Gasteiger partial charge in [-0.2, -0.15) is 4.31 Å². The molecule has 0 radical (unpaired) electrons. The van der Waals surface area contributed by atoms with Gasteiger partial charge in [-0.05, 0) is 81.1 Å². The maximum absolute atomic E-state index is 13.4. The summed E-state index contributed by atoms with van der Waals surface area (Å²) in [5.41, 5.74) is 4.45. The van der Waals surface area contributed by atoms with Gasteiger partial charge in [0.15, 0.2) is 0 Å². The average molecular weight is 474 g/mol. The average Bonchev–Trinajstić information content (AvgIpc) is 2.78. The molecule has 8 nitrogen and oxygen atoms in total. The molecule has 2 amide bonds. The van der Waals surface area contributed by atoms with Gasteiger partial charge in [-0.15, -0.1) is 0 Å². The normalized spacial score (nSPS) is 14.8. The molecule has 3 rings (SSSR count). The molecule has 178 valence electrons. The van der Waals surface area contributed by atoms with Crippen molar-refractivity contribution >= 4 is 27.7 Å². The van der Waals surface area contributed by atoms with Crippen molar-refractivity contribution in [2.75, 3.05) is 38.1 Å². The molecule has 33 heavy (non-hydrogen) atoms. The summed E-state index contributed by atoms with van der Waals surface area (Å²) in [6.07, 6.45) is -0.553. The first-order valence-corrected chi connectivity index (χ1v) is 12.4. The number of aryl methyl sites for hydroxylation is 2. The van der Waals surface area contributed by atoms with Gasteiger partial charge in [-0.1, -0.05) is 6.07 Å². The number of piperazine rings is 1. The van der Waals surface area contributed by atoms with Gasteiger partial charge >= 0.3 is 6.09 Å². The molecule has 0 bridgehead atoms. The van der Waals surface area contributed by atoms with Crippen molar-refractivity contribution in [2.24, 2.45) is 0 Å². The third-order valence-electron chi connectivity index (χ3n) is 6.07. The number of ether oxygens (including phenoxy) is 1. The molecule has 1 aliphatic rings. The van der Waals surface area contributed by atoms with Crippen LogP contribution in [-0.4, -0.2) is 62.4 Å². The molecule has 0 aromatic heterocycles. The van der Waals surface area contributed by atoms with Crippen LogP contribution >= 0.6 is 0 Å². The van der Waals surface area contributed by atoms with Crippen molar-refractivity contribution in [3.05, 3.63) is 58.1 Å². The van der Waals surface area contributed by atoms with Crippen molar-refractivity contribution in [3.63, 3.8) is 0 Å². The lowest BCUT2D eigenvalue weighted by Gasteiger charge is -2.35. The quantitative estimate of drug-likeness (QED) is 0.715. The van der Waals surface area contributed by atoms with Gasteiger partial charge in [0.1, 0.15) is 0 Å². The summed E-state index contributed by atoms with van der Waals surface area (Å²) in [5.74, 6) is -0.173. The molecule has 1 N–H and O–H groups in total. The first-order chi connectivity index (χ1) is 15.6. The second kappa shape index (κ2) is 9.93. The van der Waals surface area contributed by atoms with Gasteiger partial charge < -0.3 is 9.64 Å². The molecular formula is C24H31N3O5S. The summed E-state index contributed by atoms with van der Waals surface area (Å²) in [4.78, 5) is 26.4. The van der Waals surface area contributed by atoms with Gasteiger partial charge in [0.2, 0.25) is 10.0 Å². The topological polar surface area (TPSA) is 96.0 Å². The molecule has 0 spiro atoms. The van der Waals surface area contributed by atoms with E-state index < -0.39 is 16.1 Å². The number of nitrogens with zero attached hydrogens (tertiary/aromatic N) is 2. The zero-order chi connectivity index (χ0) is 24.3. The highest BCUT2D eigenvalue weighted by Gasteiger charge is 2.33. The van der Waals surface area contributed by atoms with E-state index in [1.165, 1.54) is 4.31 Å². The lowest BCUT2D eigenvalue weighted by atomic mass is 10.0. The van der Waals surface area contributed by atoms with Crippen LogP contribution in [0.25, 0.3) is 0 Å². The minimum absolute atomic E-state index is 0.173. The van der Waals surface area contributed by atoms with Crippen molar-refractivity contribution in [1.29, 1.82) is 0 Å². The Bertz CT molecular complexity index is 1130. The van der Waals surface area contributed by atoms with Crippen molar-refractivity contribution in [1.82, 2.24) is 9.21 Å². The molecule has 0 atom stereocenters. The molecule has 1 heterocycles. The number of carbonyl (C=O) groups excluding carboxylic acids is 2. The summed E-state index contributed by atoms with van der Waals surface area (Å²) in [7, 11) is -3.66. The minimum Gasteiger partial charge on any atom is -0.450 e. The number of hydrogen-bond donors (Lipinski definition) is 1. The van der Waals surface area contributed by atoms with Gasteiger partial charge in [-0.25, -0.2) is 13.2 Å². The van der Waals surface area contributed by atoms with Crippen LogP contribution in [0.3, 0.4) is 0 Å². The smallest absolute Gasteiger partial charge is 0.411 e. The Kier molecular flexibility index (Phi) is 7.44. The van der Waals surface area contributed by atoms with E-state index in [0.717, 1.165) is 22.3 Å². The Balaban J connectivity index is 1.69. The maximum atomic E-state index is 13.4. The van der Waals surface area contributed by atoms with Crippen LogP contribution in [0.4, 0.5) is 10.5 Å². The van der Waals surface area contributed by atoms with Gasteiger partial charge in [-0.3, -0.25) is 10.1 Å². The second-order valence-corrected chi connectivity index (χ2v) is 10.1. The maximum Gasteiger partial charge on any atom is 0.411 e. The van der Waals surface area contributed by atoms with E-state index in [2.05, 4.69) is 5.32 Å². The molecule has 2 aromatic rings. The Hall–Kier alpha value is -2.91. The highest BCUT2D eigenvalue weighted by atomic mass is 32.2. The molecule has 2 aromatic carbocycles. The SMILES string of the molecule is CCOC(=O)Nc1ccc(C(=O)N2CCN(S(=O)(=O)c3c(C)c(C)cc(C)c3C)CC2)cc1. The number of nitrogens with one attached hydrogen (secondary N) is 1. The van der Waals surface area contributed by atoms with Crippen LogP contribution in [-0.2, 0) is 14.8 Å². The van der Waals surface area contributed by atoms with Crippen molar-refractivity contribution in [2.45, 2.75) is 39.5 Å². The Morgan fingerprint density at radius 2 is 1.48 bits per heavy atom. The number of benzene rings is 2. The fourth-order valence-corrected chi connectivity index (χ4v) is 5.99. The predicted molar refractivity (Wildman–Crippen MR) is 127 cm³/mol. The van der Waals surface area contributed by atoms with Crippen LogP contribution < -0.4 is 5.32 Å². The summed E-state index contributed by atoms with van der Waals surface area (Å²) in [6, 6.07) is 8.55. The fourth-order valence-electron chi connectivity index (χ4n) is 3.99. The number of sulfonamides is 1. The number of hydrogen-bond acceptors (Lipinski definition) is 5. The van der Waals surface area contributed by atoms with Gasteiger partial charge in [0, 0.05) is 37.4 Å². The highest BCUT2D eigenvalue weighted by Crippen LogP contribution is 2.29. The zero-order valence-electron chi connectivity index (χ0n) is 19.8. The summed E-state index contributed by atoms with van der Waals surface area (Å²) in [6.45, 7) is 10.6. The lowest BCUT2D eigenvalue weighted by Crippen LogP contribution is -2.50. The van der Waals surface area contributed by atoms with E-state index in [9.17, 15) is 18.0 Å². The molecular weight excluding hydrogens is 442 g/mol. The van der Waals surface area contributed by atoms with Crippen LogP contribution in [0.2, 0.25) is 0 Å². The summed E-state index contributed by atoms with van der Waals surface area (Å²) in [5, 5.41) is 2.58. The fraction of sp³-hybridized carbons (Fsp3) is 0.417. The predicted octanol–water partition coefficient (Wildman–Crippen LogP) is 3.64. The van der Waals surface area contributed by atoms with E-state index in [-0.39, 0.29) is 25.6 Å². The van der Waals surface area contributed by atoms with Gasteiger partial charge in [0.05, 0.1) is 11.5 Å². The molecule has 0 unspecified atom stereocenters. The number of anilines is 1. The Morgan fingerprint density at radius 3 is 2.00 bits per heavy atom. The summed E-state index contributed by atoms with van der Waals surface area (Å²) < 4.78 is 33.2. The largest absolute Gasteiger partial charge is 0.450 e. The van der Waals surface area contributed by atoms with Crippen LogP contribution in [0, 0.1) is 27.7 Å². The Labute approximate surface area is 195 Å². The Morgan fingerprint density at radius 1 is 0.939 bits per heavy atom. The van der Waals surface area contributed by atoms with E-state index in [0.29, 0.717) is 29.2 Å². The zero-order valence-corrected chi connectivity index (χ0v) is 20.6. The number of carbonyl (C=O) groups is 2. The molecule has 1 saturated heterocycles.